The number of rotatable bonds is 4. The van der Waals surface area contributed by atoms with Gasteiger partial charge in [0.05, 0.1) is 5.69 Å². The molecule has 3 aromatic rings. The van der Waals surface area contributed by atoms with E-state index in [9.17, 15) is 4.79 Å². The monoisotopic (exact) mass is 363 g/mol. The van der Waals surface area contributed by atoms with Crippen LogP contribution in [-0.4, -0.2) is 44.1 Å². The topological polar surface area (TPSA) is 74.8 Å². The number of fused-ring (bicyclic) bond motifs is 1. The Kier molecular flexibility index (Phi) is 4.88. The normalized spacial score (nSPS) is 15.4. The zero-order chi connectivity index (χ0) is 18.8. The van der Waals surface area contributed by atoms with Crippen molar-refractivity contribution in [2.75, 3.05) is 13.1 Å². The van der Waals surface area contributed by atoms with Crippen LogP contribution in [0, 0.1) is 13.8 Å². The van der Waals surface area contributed by atoms with Gasteiger partial charge in [0, 0.05) is 48.4 Å². The van der Waals surface area contributed by atoms with E-state index in [1.54, 1.807) is 6.20 Å². The maximum atomic E-state index is 12.6. The highest BCUT2D eigenvalue weighted by Crippen LogP contribution is 2.28. The molecule has 0 aliphatic carbocycles. The molecule has 1 aliphatic rings. The minimum absolute atomic E-state index is 0.238. The number of nitrogens with one attached hydrogen (secondary N) is 1. The highest BCUT2D eigenvalue weighted by Gasteiger charge is 2.25. The molecule has 4 rings (SSSR count). The molecule has 140 valence electrons. The average Bonchev–Trinajstić information content (AvgIpc) is 3.03. The van der Waals surface area contributed by atoms with Crippen LogP contribution >= 0.6 is 0 Å². The van der Waals surface area contributed by atoms with Gasteiger partial charge in [0.15, 0.2) is 5.65 Å². The number of pyridine rings is 2. The number of aromatic amines is 1. The van der Waals surface area contributed by atoms with E-state index in [1.807, 2.05) is 30.9 Å². The van der Waals surface area contributed by atoms with Crippen LogP contribution in [0.15, 0.2) is 30.5 Å². The van der Waals surface area contributed by atoms with Gasteiger partial charge in [-0.25, -0.2) is 9.97 Å². The van der Waals surface area contributed by atoms with Crippen molar-refractivity contribution in [2.45, 2.75) is 45.4 Å². The third-order valence-corrected chi connectivity index (χ3v) is 5.62. The molecule has 0 aromatic carbocycles. The van der Waals surface area contributed by atoms with E-state index in [0.29, 0.717) is 12.3 Å². The number of hydrogen-bond acceptors (Lipinski definition) is 4. The lowest BCUT2D eigenvalue weighted by Crippen LogP contribution is -2.38. The van der Waals surface area contributed by atoms with E-state index in [2.05, 4.69) is 27.3 Å². The van der Waals surface area contributed by atoms with E-state index in [1.165, 1.54) is 5.56 Å². The van der Waals surface area contributed by atoms with E-state index in [4.69, 9.17) is 4.98 Å². The molecule has 0 radical (unpaired) electrons. The van der Waals surface area contributed by atoms with Crippen molar-refractivity contribution in [3.63, 3.8) is 0 Å². The van der Waals surface area contributed by atoms with Gasteiger partial charge in [-0.2, -0.15) is 5.10 Å². The van der Waals surface area contributed by atoms with Gasteiger partial charge in [0.1, 0.15) is 0 Å². The summed E-state index contributed by atoms with van der Waals surface area (Å²) >= 11 is 0. The lowest BCUT2D eigenvalue weighted by Gasteiger charge is -2.32. The Bertz CT molecular complexity index is 937. The summed E-state index contributed by atoms with van der Waals surface area (Å²) in [5.41, 5.74) is 5.13. The standard InChI is InChI=1S/C21H25N5O/c1-14-18(15(2)25-24-14)6-8-20(27)26-12-9-16(10-13-26)19-7-5-17-4-3-11-22-21(17)23-19/h3-5,7,11,16H,6,8-10,12-13H2,1-2H3,(H,24,25). The first kappa shape index (κ1) is 17.6. The molecule has 6 nitrogen and oxygen atoms in total. The lowest BCUT2D eigenvalue weighted by atomic mass is 9.92. The molecule has 1 aliphatic heterocycles. The van der Waals surface area contributed by atoms with Crippen LogP contribution in [-0.2, 0) is 11.2 Å². The Morgan fingerprint density at radius 1 is 1.22 bits per heavy atom. The number of hydrogen-bond donors (Lipinski definition) is 1. The van der Waals surface area contributed by atoms with E-state index in [-0.39, 0.29) is 5.91 Å². The summed E-state index contributed by atoms with van der Waals surface area (Å²) in [5.74, 6) is 0.639. The van der Waals surface area contributed by atoms with E-state index in [0.717, 1.165) is 60.5 Å². The maximum Gasteiger partial charge on any atom is 0.222 e. The molecule has 6 heteroatoms. The minimum Gasteiger partial charge on any atom is -0.343 e. The second kappa shape index (κ2) is 7.47. The third-order valence-electron chi connectivity index (χ3n) is 5.62. The van der Waals surface area contributed by atoms with Crippen LogP contribution in [0.25, 0.3) is 11.0 Å². The number of piperidine rings is 1. The van der Waals surface area contributed by atoms with Crippen molar-refractivity contribution in [2.24, 2.45) is 0 Å². The molecule has 0 bridgehead atoms. The number of nitrogens with zero attached hydrogens (tertiary/aromatic N) is 4. The number of H-pyrrole nitrogens is 1. The number of likely N-dealkylation sites (tertiary alicyclic amines) is 1. The van der Waals surface area contributed by atoms with E-state index >= 15 is 0 Å². The molecule has 0 saturated carbocycles. The minimum atomic E-state index is 0.238. The van der Waals surface area contributed by atoms with Gasteiger partial charge >= 0.3 is 0 Å². The van der Waals surface area contributed by atoms with Gasteiger partial charge in [-0.1, -0.05) is 0 Å². The van der Waals surface area contributed by atoms with Gasteiger partial charge in [-0.3, -0.25) is 9.89 Å². The van der Waals surface area contributed by atoms with Crippen LogP contribution in [0.3, 0.4) is 0 Å². The summed E-state index contributed by atoms with van der Waals surface area (Å²) in [6.45, 7) is 5.60. The molecule has 1 N–H and O–H groups in total. The number of aromatic nitrogens is 4. The Morgan fingerprint density at radius 3 is 2.78 bits per heavy atom. The first-order chi connectivity index (χ1) is 13.1. The number of aryl methyl sites for hydroxylation is 2. The summed E-state index contributed by atoms with van der Waals surface area (Å²) in [4.78, 5) is 23.7. The molecule has 27 heavy (non-hydrogen) atoms. The molecule has 0 unspecified atom stereocenters. The summed E-state index contributed by atoms with van der Waals surface area (Å²) in [6.07, 6.45) is 5.00. The highest BCUT2D eigenvalue weighted by atomic mass is 16.2. The predicted octanol–water partition coefficient (Wildman–Crippen LogP) is 3.31. The molecule has 3 aromatic heterocycles. The average molecular weight is 363 g/mol. The SMILES string of the molecule is Cc1n[nH]c(C)c1CCC(=O)N1CCC(c2ccc3cccnc3n2)CC1. The largest absolute Gasteiger partial charge is 0.343 e. The fourth-order valence-corrected chi connectivity index (χ4v) is 3.95. The molecule has 1 saturated heterocycles. The smallest absolute Gasteiger partial charge is 0.222 e. The molecule has 0 spiro atoms. The van der Waals surface area contributed by atoms with Crippen LogP contribution in [0.4, 0.5) is 0 Å². The van der Waals surface area contributed by atoms with Gasteiger partial charge in [-0.05, 0) is 62.9 Å². The first-order valence-corrected chi connectivity index (χ1v) is 9.61. The van der Waals surface area contributed by atoms with Crippen LogP contribution in [0.2, 0.25) is 0 Å². The molecular weight excluding hydrogens is 338 g/mol. The van der Waals surface area contributed by atoms with Gasteiger partial charge in [0.25, 0.3) is 0 Å². The van der Waals surface area contributed by atoms with Crippen LogP contribution in [0.1, 0.15) is 47.8 Å². The van der Waals surface area contributed by atoms with Crippen LogP contribution in [0.5, 0.6) is 0 Å². The van der Waals surface area contributed by atoms with Crippen LogP contribution < -0.4 is 0 Å². The fraction of sp³-hybridized carbons (Fsp3) is 0.429. The third kappa shape index (κ3) is 3.70. The second-order valence-corrected chi connectivity index (χ2v) is 7.35. The molecule has 1 amide bonds. The molecule has 1 fully saturated rings. The number of carbonyl (C=O) groups is 1. The first-order valence-electron chi connectivity index (χ1n) is 9.61. The number of amides is 1. The zero-order valence-corrected chi connectivity index (χ0v) is 15.9. The molecular formula is C21H25N5O. The Morgan fingerprint density at radius 2 is 2.04 bits per heavy atom. The highest BCUT2D eigenvalue weighted by molar-refractivity contribution is 5.77. The van der Waals surface area contributed by atoms with Gasteiger partial charge in [-0.15, -0.1) is 0 Å². The van der Waals surface area contributed by atoms with Crippen molar-refractivity contribution in [1.82, 2.24) is 25.1 Å². The van der Waals surface area contributed by atoms with Crippen molar-refractivity contribution < 1.29 is 4.79 Å². The van der Waals surface area contributed by atoms with Gasteiger partial charge in [0.2, 0.25) is 5.91 Å². The van der Waals surface area contributed by atoms with Crippen molar-refractivity contribution >= 4 is 16.9 Å². The Balaban J connectivity index is 1.34. The van der Waals surface area contributed by atoms with Crippen molar-refractivity contribution in [3.8, 4) is 0 Å². The zero-order valence-electron chi connectivity index (χ0n) is 15.9. The Labute approximate surface area is 159 Å². The maximum absolute atomic E-state index is 12.6. The lowest BCUT2D eigenvalue weighted by molar-refractivity contribution is -0.132. The predicted molar refractivity (Wildman–Crippen MR) is 104 cm³/mol. The molecule has 0 atom stereocenters. The van der Waals surface area contributed by atoms with Crippen molar-refractivity contribution in [1.29, 1.82) is 0 Å². The quantitative estimate of drug-likeness (QED) is 0.772. The summed E-state index contributed by atoms with van der Waals surface area (Å²) in [7, 11) is 0. The van der Waals surface area contributed by atoms with Gasteiger partial charge < -0.3 is 4.90 Å². The van der Waals surface area contributed by atoms with E-state index < -0.39 is 0 Å². The second-order valence-electron chi connectivity index (χ2n) is 7.35. The summed E-state index contributed by atoms with van der Waals surface area (Å²) in [6, 6.07) is 8.17. The summed E-state index contributed by atoms with van der Waals surface area (Å²) in [5, 5.41) is 8.27. The summed E-state index contributed by atoms with van der Waals surface area (Å²) < 4.78 is 0. The Hall–Kier alpha value is -2.76. The fourth-order valence-electron chi connectivity index (χ4n) is 3.95. The number of carbonyl (C=O) groups excluding carboxylic acids is 1. The molecule has 4 heterocycles. The van der Waals surface area contributed by atoms with Crippen molar-refractivity contribution in [3.05, 3.63) is 53.1 Å².